The third-order valence-electron chi connectivity index (χ3n) is 9.32. The van der Waals surface area contributed by atoms with Gasteiger partial charge >= 0.3 is 0 Å². The van der Waals surface area contributed by atoms with Gasteiger partial charge in [-0.05, 0) is 59.9 Å². The van der Waals surface area contributed by atoms with Crippen LogP contribution in [-0.4, -0.2) is 52.3 Å². The van der Waals surface area contributed by atoms with Gasteiger partial charge in [0.2, 0.25) is 5.91 Å². The number of piperidine rings is 1. The van der Waals surface area contributed by atoms with Gasteiger partial charge in [0, 0.05) is 38.6 Å². The van der Waals surface area contributed by atoms with Crippen molar-refractivity contribution in [1.82, 2.24) is 20.2 Å². The molecule has 4 aliphatic rings. The Bertz CT molecular complexity index is 1640. The second-order valence-electron chi connectivity index (χ2n) is 11.3. The highest BCUT2D eigenvalue weighted by Crippen LogP contribution is 2.51. The van der Waals surface area contributed by atoms with E-state index >= 15 is 0 Å². The van der Waals surface area contributed by atoms with Gasteiger partial charge in [0.05, 0.1) is 17.6 Å². The predicted molar refractivity (Wildman–Crippen MR) is 147 cm³/mol. The fourth-order valence-electron chi connectivity index (χ4n) is 7.23. The normalized spacial score (nSPS) is 21.5. The van der Waals surface area contributed by atoms with Gasteiger partial charge in [-0.15, -0.1) is 0 Å². The number of aryl methyl sites for hydroxylation is 1. The maximum absolute atomic E-state index is 14.6. The molecule has 10 heteroatoms. The van der Waals surface area contributed by atoms with Crippen LogP contribution in [0.4, 0.5) is 27.4 Å². The molecule has 5 heterocycles. The first-order valence-corrected chi connectivity index (χ1v) is 13.7. The molecule has 1 aliphatic carbocycles. The van der Waals surface area contributed by atoms with Crippen molar-refractivity contribution in [2.45, 2.75) is 38.1 Å². The molecule has 0 saturated carbocycles. The number of nitrogens with zero attached hydrogens (tertiary/aromatic N) is 6. The number of aromatic nitrogens is 4. The molecule has 3 N–H and O–H groups in total. The number of H-pyrrole nitrogens is 1. The maximum Gasteiger partial charge on any atom is 0.227 e. The maximum atomic E-state index is 14.6. The van der Waals surface area contributed by atoms with Gasteiger partial charge in [-0.25, -0.2) is 14.4 Å². The summed E-state index contributed by atoms with van der Waals surface area (Å²) in [5.41, 5.74) is 13.1. The molecule has 1 fully saturated rings. The third kappa shape index (κ3) is 3.33. The number of carbonyl (C=O) groups is 1. The second kappa shape index (κ2) is 8.22. The van der Waals surface area contributed by atoms with E-state index in [1.807, 2.05) is 11.1 Å². The molecule has 2 aromatic carbocycles. The van der Waals surface area contributed by atoms with Crippen molar-refractivity contribution >= 4 is 40.1 Å². The number of fused-ring (bicyclic) bond motifs is 2. The zero-order valence-corrected chi connectivity index (χ0v) is 21.5. The molecule has 1 atom stereocenters. The summed E-state index contributed by atoms with van der Waals surface area (Å²) in [6, 6.07) is 11.7. The topological polar surface area (TPSA) is 107 Å². The molecule has 1 amide bonds. The molecule has 39 heavy (non-hydrogen) atoms. The van der Waals surface area contributed by atoms with E-state index in [0.29, 0.717) is 48.6 Å². The zero-order valence-electron chi connectivity index (χ0n) is 21.5. The highest BCUT2D eigenvalue weighted by molar-refractivity contribution is 6.03. The second-order valence-corrected chi connectivity index (χ2v) is 11.3. The first-order valence-electron chi connectivity index (χ1n) is 13.7. The molecular weight excluding hydrogens is 495 g/mol. The highest BCUT2D eigenvalue weighted by Gasteiger charge is 2.46. The largest absolute Gasteiger partial charge is 0.355 e. The van der Waals surface area contributed by atoms with Gasteiger partial charge < -0.3 is 20.4 Å². The molecule has 0 bridgehead atoms. The lowest BCUT2D eigenvalue weighted by molar-refractivity contribution is -0.118. The molecule has 8 rings (SSSR count). The zero-order chi connectivity index (χ0) is 26.3. The van der Waals surface area contributed by atoms with Crippen LogP contribution in [0.5, 0.6) is 0 Å². The van der Waals surface area contributed by atoms with E-state index in [1.54, 1.807) is 4.90 Å². The van der Waals surface area contributed by atoms with E-state index in [9.17, 15) is 9.18 Å². The van der Waals surface area contributed by atoms with E-state index in [4.69, 9.17) is 15.7 Å². The summed E-state index contributed by atoms with van der Waals surface area (Å²) in [5, 5.41) is 7.61. The molecule has 1 spiro atoms. The molecule has 0 radical (unpaired) electrons. The van der Waals surface area contributed by atoms with Crippen molar-refractivity contribution in [1.29, 1.82) is 0 Å². The molecular formula is C29H29FN8O. The van der Waals surface area contributed by atoms with Gasteiger partial charge in [0.25, 0.3) is 0 Å². The Morgan fingerprint density at radius 1 is 1.03 bits per heavy atom. The lowest BCUT2D eigenvalue weighted by atomic mass is 9.73. The summed E-state index contributed by atoms with van der Waals surface area (Å²) in [5.74, 6) is 1.18. The molecule has 0 unspecified atom stereocenters. The van der Waals surface area contributed by atoms with Crippen LogP contribution in [-0.2, 0) is 17.6 Å². The number of carbonyl (C=O) groups excluding carboxylic acids is 1. The van der Waals surface area contributed by atoms with Crippen molar-refractivity contribution < 1.29 is 9.18 Å². The van der Waals surface area contributed by atoms with E-state index in [2.05, 4.69) is 39.4 Å². The first-order chi connectivity index (χ1) is 19.0. The Kier molecular flexibility index (Phi) is 4.83. The Morgan fingerprint density at radius 3 is 2.69 bits per heavy atom. The fraction of sp³-hybridized carbons (Fsp3) is 0.379. The van der Waals surface area contributed by atoms with Crippen LogP contribution in [0.2, 0.25) is 0 Å². The predicted octanol–water partition coefficient (Wildman–Crippen LogP) is 3.77. The van der Waals surface area contributed by atoms with Crippen molar-refractivity contribution in [3.05, 3.63) is 65.1 Å². The lowest BCUT2D eigenvalue weighted by Gasteiger charge is -2.42. The molecule has 198 valence electrons. The van der Waals surface area contributed by atoms with Gasteiger partial charge in [-0.2, -0.15) is 5.10 Å². The minimum absolute atomic E-state index is 0.0731. The number of nitrogens with one attached hydrogen (secondary N) is 1. The molecule has 1 saturated heterocycles. The van der Waals surface area contributed by atoms with Crippen molar-refractivity contribution in [2.24, 2.45) is 11.1 Å². The number of halogens is 1. The molecule has 4 aromatic rings. The molecule has 9 nitrogen and oxygen atoms in total. The van der Waals surface area contributed by atoms with E-state index in [0.717, 1.165) is 49.4 Å². The van der Waals surface area contributed by atoms with Crippen LogP contribution in [0, 0.1) is 11.2 Å². The number of hydrogen-bond acceptors (Lipinski definition) is 7. The number of hydrogen-bond donors (Lipinski definition) is 2. The van der Waals surface area contributed by atoms with Crippen molar-refractivity contribution in [2.75, 3.05) is 40.9 Å². The monoisotopic (exact) mass is 524 g/mol. The minimum atomic E-state index is -0.314. The van der Waals surface area contributed by atoms with Crippen LogP contribution in [0.15, 0.2) is 42.6 Å². The average molecular weight is 525 g/mol. The number of benzene rings is 2. The van der Waals surface area contributed by atoms with Crippen LogP contribution < -0.4 is 20.4 Å². The smallest absolute Gasteiger partial charge is 0.227 e. The van der Waals surface area contributed by atoms with Crippen molar-refractivity contribution in [3.63, 3.8) is 0 Å². The van der Waals surface area contributed by atoms with E-state index < -0.39 is 0 Å². The summed E-state index contributed by atoms with van der Waals surface area (Å²) in [6.45, 7) is 2.76. The van der Waals surface area contributed by atoms with E-state index in [1.165, 1.54) is 23.3 Å². The number of amides is 1. The summed E-state index contributed by atoms with van der Waals surface area (Å²) in [4.78, 5) is 28.2. The summed E-state index contributed by atoms with van der Waals surface area (Å²) in [7, 11) is 0. The van der Waals surface area contributed by atoms with Crippen molar-refractivity contribution in [3.8, 4) is 0 Å². The van der Waals surface area contributed by atoms with E-state index in [-0.39, 0.29) is 23.2 Å². The number of rotatable bonds is 2. The van der Waals surface area contributed by atoms with Gasteiger partial charge in [-0.3, -0.25) is 9.89 Å². The lowest BCUT2D eigenvalue weighted by Crippen LogP contribution is -2.45. The average Bonchev–Trinajstić information content (AvgIpc) is 3.49. The van der Waals surface area contributed by atoms with Gasteiger partial charge in [0.1, 0.15) is 11.6 Å². The quantitative estimate of drug-likeness (QED) is 0.411. The third-order valence-corrected chi connectivity index (χ3v) is 9.32. The van der Waals surface area contributed by atoms with Gasteiger partial charge in [0.15, 0.2) is 17.0 Å². The van der Waals surface area contributed by atoms with Crippen LogP contribution >= 0.6 is 0 Å². The Hall–Kier alpha value is -4.05. The minimum Gasteiger partial charge on any atom is -0.355 e. The van der Waals surface area contributed by atoms with Crippen LogP contribution in [0.25, 0.3) is 11.2 Å². The fourth-order valence-corrected chi connectivity index (χ4v) is 7.23. The first kappa shape index (κ1) is 22.9. The summed E-state index contributed by atoms with van der Waals surface area (Å²) < 4.78 is 14.6. The summed E-state index contributed by atoms with van der Waals surface area (Å²) >= 11 is 0. The SMILES string of the molecule is N[C@@H]1c2ccccc2CC12CCN(c1cnc3c(N4CCN5C(=O)CCc6cc(F)cc4c65)n[nH]c3n1)CC2. The summed E-state index contributed by atoms with van der Waals surface area (Å²) in [6.07, 6.45) is 5.81. The van der Waals surface area contributed by atoms with Gasteiger partial charge in [-0.1, -0.05) is 24.3 Å². The number of anilines is 4. The standard InChI is InChI=1S/C29H29FN8O/c30-19-13-17-5-6-23(39)38-12-11-37(21(14-19)25(17)38)28-24-27(34-35-28)33-22(16-32-24)36-9-7-29(8-10-36)15-18-3-1-2-4-20(18)26(29)31/h1-4,13-14,16,26H,5-12,15,31H2,(H,33,34,35)/t26-/m1/s1. The Labute approximate surface area is 224 Å². The highest BCUT2D eigenvalue weighted by atomic mass is 19.1. The molecule has 3 aliphatic heterocycles. The van der Waals surface area contributed by atoms with Crippen LogP contribution in [0.3, 0.4) is 0 Å². The Balaban J connectivity index is 1.07. The number of aromatic amines is 1. The van der Waals surface area contributed by atoms with Crippen LogP contribution in [0.1, 0.15) is 42.0 Å². The Morgan fingerprint density at radius 2 is 1.85 bits per heavy atom. The number of nitrogens with two attached hydrogens (primary N) is 1. The molecule has 2 aromatic heterocycles.